The number of nitrogens with one attached hydrogen (secondary N) is 1. The van der Waals surface area contributed by atoms with Crippen LogP contribution in [-0.2, 0) is 11.2 Å². The van der Waals surface area contributed by atoms with Gasteiger partial charge in [-0.2, -0.15) is 0 Å². The first-order valence-corrected chi connectivity index (χ1v) is 10.1. The van der Waals surface area contributed by atoms with Crippen molar-refractivity contribution in [2.24, 2.45) is 0 Å². The second kappa shape index (κ2) is 9.34. The van der Waals surface area contributed by atoms with Crippen molar-refractivity contribution in [3.63, 3.8) is 0 Å². The van der Waals surface area contributed by atoms with Gasteiger partial charge in [-0.1, -0.05) is 6.92 Å². The molecule has 9 heteroatoms. The molecular formula is C17H25ClN2O5S. The SMILES string of the molecule is CCc1ccnc(C(=O)N[C@@H]([C@H]2O[C@H](SC)[C@H](O)[C@@H](O)[C@H]2O)[C@@H](C)Cl)c1. The number of rotatable bonds is 6. The Labute approximate surface area is 162 Å². The van der Waals surface area contributed by atoms with Crippen LogP contribution < -0.4 is 5.32 Å². The minimum atomic E-state index is -1.40. The molecule has 4 N–H and O–H groups in total. The van der Waals surface area contributed by atoms with Crippen LogP contribution in [0.25, 0.3) is 0 Å². The maximum Gasteiger partial charge on any atom is 0.270 e. The molecule has 0 saturated carbocycles. The third kappa shape index (κ3) is 4.68. The normalized spacial score (nSPS) is 31.3. The molecular weight excluding hydrogens is 380 g/mol. The lowest BCUT2D eigenvalue weighted by Crippen LogP contribution is -2.64. The first-order valence-electron chi connectivity index (χ1n) is 8.42. The quantitative estimate of drug-likeness (QED) is 0.512. The van der Waals surface area contributed by atoms with Gasteiger partial charge in [-0.05, 0) is 37.3 Å². The highest BCUT2D eigenvalue weighted by Gasteiger charge is 2.47. The van der Waals surface area contributed by atoms with E-state index >= 15 is 0 Å². The highest BCUT2D eigenvalue weighted by Crippen LogP contribution is 2.30. The van der Waals surface area contributed by atoms with Crippen LogP contribution in [0.1, 0.15) is 29.9 Å². The van der Waals surface area contributed by atoms with Gasteiger partial charge in [-0.3, -0.25) is 9.78 Å². The standard InChI is InChI=1S/C17H25ClN2O5S/c1-4-9-5-6-19-10(7-9)16(24)20-11(8(2)18)15-13(22)12(21)14(23)17(25-15)26-3/h5-8,11-15,17,21-23H,4H2,1-3H3,(H,20,24)/t8-,11-,12+,13-,14-,15-,17-/m1/s1. The van der Waals surface area contributed by atoms with E-state index in [0.717, 1.165) is 12.0 Å². The molecule has 146 valence electrons. The van der Waals surface area contributed by atoms with E-state index in [1.54, 1.807) is 25.4 Å². The van der Waals surface area contributed by atoms with E-state index in [2.05, 4.69) is 10.3 Å². The zero-order chi connectivity index (χ0) is 19.4. The summed E-state index contributed by atoms with van der Waals surface area (Å²) in [6.07, 6.45) is -0.965. The number of aryl methyl sites for hydroxylation is 1. The maximum atomic E-state index is 12.6. The Balaban J connectivity index is 2.20. The van der Waals surface area contributed by atoms with Gasteiger partial charge in [0, 0.05) is 6.20 Å². The van der Waals surface area contributed by atoms with Crippen molar-refractivity contribution >= 4 is 29.3 Å². The number of alkyl halides is 1. The largest absolute Gasteiger partial charge is 0.388 e. The molecule has 0 radical (unpaired) electrons. The van der Waals surface area contributed by atoms with E-state index in [-0.39, 0.29) is 5.69 Å². The van der Waals surface area contributed by atoms with E-state index in [1.165, 1.54) is 11.8 Å². The number of pyridine rings is 1. The lowest BCUT2D eigenvalue weighted by atomic mass is 9.93. The molecule has 0 spiro atoms. The van der Waals surface area contributed by atoms with Crippen molar-refractivity contribution in [1.82, 2.24) is 10.3 Å². The molecule has 2 rings (SSSR count). The summed E-state index contributed by atoms with van der Waals surface area (Å²) in [5.74, 6) is -0.449. The molecule has 0 unspecified atom stereocenters. The third-order valence-electron chi connectivity index (χ3n) is 4.45. The molecule has 1 aliphatic rings. The number of thioether (sulfide) groups is 1. The Bertz CT molecular complexity index is 619. The highest BCUT2D eigenvalue weighted by atomic mass is 35.5. The van der Waals surface area contributed by atoms with Gasteiger partial charge < -0.3 is 25.4 Å². The topological polar surface area (TPSA) is 112 Å². The predicted molar refractivity (Wildman–Crippen MR) is 100 cm³/mol. The zero-order valence-electron chi connectivity index (χ0n) is 14.9. The molecule has 1 aromatic rings. The van der Waals surface area contributed by atoms with Crippen LogP contribution in [0.5, 0.6) is 0 Å². The van der Waals surface area contributed by atoms with Crippen LogP contribution in [0.3, 0.4) is 0 Å². The van der Waals surface area contributed by atoms with Gasteiger partial charge in [0.15, 0.2) is 0 Å². The average Bonchev–Trinajstić information content (AvgIpc) is 2.64. The minimum absolute atomic E-state index is 0.235. The van der Waals surface area contributed by atoms with E-state index in [4.69, 9.17) is 16.3 Å². The number of nitrogens with zero attached hydrogens (tertiary/aromatic N) is 1. The van der Waals surface area contributed by atoms with Gasteiger partial charge in [0.2, 0.25) is 0 Å². The van der Waals surface area contributed by atoms with E-state index in [0.29, 0.717) is 0 Å². The molecule has 1 saturated heterocycles. The molecule has 0 aliphatic carbocycles. The van der Waals surface area contributed by atoms with Crippen molar-refractivity contribution in [1.29, 1.82) is 0 Å². The number of hydrogen-bond acceptors (Lipinski definition) is 7. The Hall–Kier alpha value is -0.900. The fourth-order valence-corrected chi connectivity index (χ4v) is 3.75. The summed E-state index contributed by atoms with van der Waals surface area (Å²) in [4.78, 5) is 16.7. The Morgan fingerprint density at radius 3 is 2.65 bits per heavy atom. The summed E-state index contributed by atoms with van der Waals surface area (Å²) < 4.78 is 5.72. The summed E-state index contributed by atoms with van der Waals surface area (Å²) in [5.41, 5.74) is 0.462. The smallest absolute Gasteiger partial charge is 0.270 e. The highest BCUT2D eigenvalue weighted by molar-refractivity contribution is 7.99. The molecule has 1 amide bonds. The average molecular weight is 405 g/mol. The Morgan fingerprint density at radius 1 is 1.38 bits per heavy atom. The van der Waals surface area contributed by atoms with Gasteiger partial charge in [0.25, 0.3) is 5.91 Å². The third-order valence-corrected chi connectivity index (χ3v) is 5.58. The molecule has 1 aromatic heterocycles. The number of amides is 1. The maximum absolute atomic E-state index is 12.6. The lowest BCUT2D eigenvalue weighted by Gasteiger charge is -2.43. The molecule has 1 fully saturated rings. The molecule has 26 heavy (non-hydrogen) atoms. The zero-order valence-corrected chi connectivity index (χ0v) is 16.4. The van der Waals surface area contributed by atoms with Crippen molar-refractivity contribution in [3.05, 3.63) is 29.6 Å². The summed E-state index contributed by atoms with van der Waals surface area (Å²) in [6, 6.07) is 2.73. The second-order valence-corrected chi connectivity index (χ2v) is 7.88. The van der Waals surface area contributed by atoms with Crippen LogP contribution in [0, 0.1) is 0 Å². The van der Waals surface area contributed by atoms with Crippen molar-refractivity contribution in [2.45, 2.75) is 61.5 Å². The van der Waals surface area contributed by atoms with Gasteiger partial charge in [-0.15, -0.1) is 23.4 Å². The number of ether oxygens (including phenoxy) is 1. The molecule has 7 nitrogen and oxygen atoms in total. The number of aromatic nitrogens is 1. The monoisotopic (exact) mass is 404 g/mol. The number of halogens is 1. The number of carbonyl (C=O) groups excluding carboxylic acids is 1. The minimum Gasteiger partial charge on any atom is -0.388 e. The van der Waals surface area contributed by atoms with Gasteiger partial charge in [-0.25, -0.2) is 0 Å². The van der Waals surface area contributed by atoms with Crippen molar-refractivity contribution in [3.8, 4) is 0 Å². The van der Waals surface area contributed by atoms with E-state index in [1.807, 2.05) is 13.0 Å². The van der Waals surface area contributed by atoms with Crippen LogP contribution in [-0.4, -0.2) is 73.7 Å². The van der Waals surface area contributed by atoms with Crippen LogP contribution in [0.2, 0.25) is 0 Å². The van der Waals surface area contributed by atoms with Gasteiger partial charge >= 0.3 is 0 Å². The summed E-state index contributed by atoms with van der Waals surface area (Å²) in [5, 5.41) is 32.6. The molecule has 1 aliphatic heterocycles. The number of carbonyl (C=O) groups is 1. The summed E-state index contributed by atoms with van der Waals surface area (Å²) in [7, 11) is 0. The Morgan fingerprint density at radius 2 is 2.08 bits per heavy atom. The van der Waals surface area contributed by atoms with Crippen molar-refractivity contribution < 1.29 is 24.9 Å². The van der Waals surface area contributed by atoms with Gasteiger partial charge in [0.1, 0.15) is 35.5 Å². The first-order chi connectivity index (χ1) is 12.3. The first kappa shape index (κ1) is 21.4. The predicted octanol–water partition coefficient (Wildman–Crippen LogP) is 0.540. The van der Waals surface area contributed by atoms with Crippen LogP contribution in [0.15, 0.2) is 18.3 Å². The number of hydrogen-bond donors (Lipinski definition) is 4. The second-order valence-electron chi connectivity index (χ2n) is 6.26. The van der Waals surface area contributed by atoms with E-state index in [9.17, 15) is 20.1 Å². The van der Waals surface area contributed by atoms with Crippen LogP contribution in [0.4, 0.5) is 0 Å². The molecule has 0 aromatic carbocycles. The molecule has 2 heterocycles. The fraction of sp³-hybridized carbons (Fsp3) is 0.647. The number of aliphatic hydroxyl groups excluding tert-OH is 3. The number of aliphatic hydroxyl groups is 3. The summed E-state index contributed by atoms with van der Waals surface area (Å²) >= 11 is 7.43. The van der Waals surface area contributed by atoms with Crippen LogP contribution >= 0.6 is 23.4 Å². The molecule has 0 bridgehead atoms. The lowest BCUT2D eigenvalue weighted by molar-refractivity contribution is -0.204. The fourth-order valence-electron chi connectivity index (χ4n) is 2.87. The Kier molecular flexibility index (Phi) is 7.69. The summed E-state index contributed by atoms with van der Waals surface area (Å²) in [6.45, 7) is 3.63. The molecule has 7 atom stereocenters. The van der Waals surface area contributed by atoms with Gasteiger partial charge in [0.05, 0.1) is 11.4 Å². The van der Waals surface area contributed by atoms with Crippen molar-refractivity contribution in [2.75, 3.05) is 6.26 Å². The van der Waals surface area contributed by atoms with E-state index < -0.39 is 47.2 Å².